The van der Waals surface area contributed by atoms with E-state index in [1.807, 2.05) is 6.92 Å². The van der Waals surface area contributed by atoms with Crippen molar-refractivity contribution in [2.45, 2.75) is 26.7 Å². The van der Waals surface area contributed by atoms with Crippen molar-refractivity contribution >= 4 is 46.9 Å². The van der Waals surface area contributed by atoms with E-state index in [0.717, 1.165) is 0 Å². The summed E-state index contributed by atoms with van der Waals surface area (Å²) in [5.41, 5.74) is 0.849. The number of carbonyl (C=O) groups is 2. The Labute approximate surface area is 115 Å². The molecule has 1 aromatic carbocycles. The van der Waals surface area contributed by atoms with Gasteiger partial charge < -0.3 is 0 Å². The molecule has 0 aliphatic heterocycles. The zero-order valence-electron chi connectivity index (χ0n) is 9.44. The highest BCUT2D eigenvalue weighted by molar-refractivity contribution is 6.47. The molecule has 0 saturated heterocycles. The van der Waals surface area contributed by atoms with Gasteiger partial charge in [0.2, 0.25) is 0 Å². The third kappa shape index (κ3) is 2.49. The van der Waals surface area contributed by atoms with Crippen molar-refractivity contribution in [2.24, 2.45) is 0 Å². The second kappa shape index (κ2) is 5.85. The lowest BCUT2D eigenvalue weighted by Crippen LogP contribution is -2.07. The van der Waals surface area contributed by atoms with Gasteiger partial charge >= 0.3 is 0 Å². The normalized spacial score (nSPS) is 10.4. The Morgan fingerprint density at radius 2 is 1.71 bits per heavy atom. The lowest BCUT2D eigenvalue weighted by molar-refractivity contribution is 0.0981. The Balaban J connectivity index is 3.73. The topological polar surface area (TPSA) is 34.1 Å². The second-order valence-electron chi connectivity index (χ2n) is 3.46. The molecular weight excluding hydrogens is 282 g/mol. The first-order chi connectivity index (χ1) is 7.99. The minimum absolute atomic E-state index is 0.0747. The Morgan fingerprint density at radius 1 is 1.12 bits per heavy atom. The van der Waals surface area contributed by atoms with Crippen LogP contribution >= 0.6 is 34.8 Å². The average Bonchev–Trinajstić information content (AvgIpc) is 2.33. The predicted octanol–water partition coefficient (Wildman–Crippen LogP) is 4.61. The van der Waals surface area contributed by atoms with Crippen molar-refractivity contribution in [3.8, 4) is 0 Å². The van der Waals surface area contributed by atoms with Gasteiger partial charge in [0.15, 0.2) is 12.1 Å². The van der Waals surface area contributed by atoms with E-state index in [1.54, 1.807) is 6.92 Å². The summed E-state index contributed by atoms with van der Waals surface area (Å²) in [4.78, 5) is 22.8. The molecule has 0 aliphatic rings. The number of halogens is 3. The van der Waals surface area contributed by atoms with Crippen molar-refractivity contribution in [3.05, 3.63) is 31.8 Å². The van der Waals surface area contributed by atoms with Gasteiger partial charge in [0.05, 0.1) is 15.1 Å². The molecule has 17 heavy (non-hydrogen) atoms. The summed E-state index contributed by atoms with van der Waals surface area (Å²) in [5, 5.41) is 0.574. The van der Waals surface area contributed by atoms with E-state index >= 15 is 0 Å². The van der Waals surface area contributed by atoms with Crippen LogP contribution in [0, 0.1) is 0 Å². The summed E-state index contributed by atoms with van der Waals surface area (Å²) < 4.78 is 0. The summed E-state index contributed by atoms with van der Waals surface area (Å²) >= 11 is 18.1. The standard InChI is InChI=1S/C12H11Cl3O2/c1-3-6-10(13)9(8(17)4-2)7(5-16)12(15)11(6)14/h5H,3-4H2,1-2H3. The van der Waals surface area contributed by atoms with E-state index in [9.17, 15) is 9.59 Å². The monoisotopic (exact) mass is 292 g/mol. The summed E-state index contributed by atoms with van der Waals surface area (Å²) in [7, 11) is 0. The first kappa shape index (κ1) is 14.5. The average molecular weight is 294 g/mol. The Hall–Kier alpha value is -0.570. The fourth-order valence-corrected chi connectivity index (χ4v) is 2.66. The van der Waals surface area contributed by atoms with E-state index in [0.29, 0.717) is 18.3 Å². The lowest BCUT2D eigenvalue weighted by atomic mass is 9.98. The number of benzene rings is 1. The molecule has 0 saturated carbocycles. The Kier molecular flexibility index (Phi) is 4.99. The van der Waals surface area contributed by atoms with Gasteiger partial charge in [-0.3, -0.25) is 9.59 Å². The van der Waals surface area contributed by atoms with Crippen molar-refractivity contribution in [1.29, 1.82) is 0 Å². The van der Waals surface area contributed by atoms with Gasteiger partial charge in [-0.05, 0) is 12.0 Å². The largest absolute Gasteiger partial charge is 0.298 e. The van der Waals surface area contributed by atoms with Crippen LogP contribution < -0.4 is 0 Å². The van der Waals surface area contributed by atoms with E-state index in [2.05, 4.69) is 0 Å². The number of carbonyl (C=O) groups excluding carboxylic acids is 2. The van der Waals surface area contributed by atoms with E-state index in [1.165, 1.54) is 0 Å². The van der Waals surface area contributed by atoms with Gasteiger partial charge in [-0.25, -0.2) is 0 Å². The maximum Gasteiger partial charge on any atom is 0.164 e. The Morgan fingerprint density at radius 3 is 2.12 bits per heavy atom. The van der Waals surface area contributed by atoms with Gasteiger partial charge in [0.1, 0.15) is 0 Å². The van der Waals surface area contributed by atoms with Crippen LogP contribution in [0.2, 0.25) is 15.1 Å². The van der Waals surface area contributed by atoms with Gasteiger partial charge in [-0.15, -0.1) is 0 Å². The molecule has 0 radical (unpaired) electrons. The molecule has 0 amide bonds. The smallest absolute Gasteiger partial charge is 0.164 e. The molecule has 1 rings (SSSR count). The zero-order chi connectivity index (χ0) is 13.2. The first-order valence-electron chi connectivity index (χ1n) is 5.17. The van der Waals surface area contributed by atoms with Gasteiger partial charge in [-0.1, -0.05) is 48.7 Å². The van der Waals surface area contributed by atoms with Crippen LogP contribution in [-0.4, -0.2) is 12.1 Å². The molecule has 0 unspecified atom stereocenters. The maximum absolute atomic E-state index is 11.8. The first-order valence-corrected chi connectivity index (χ1v) is 6.30. The molecule has 0 heterocycles. The lowest BCUT2D eigenvalue weighted by Gasteiger charge is -2.14. The van der Waals surface area contributed by atoms with Crippen molar-refractivity contribution in [3.63, 3.8) is 0 Å². The summed E-state index contributed by atoms with van der Waals surface area (Å²) in [5.74, 6) is -0.217. The van der Waals surface area contributed by atoms with Crippen LogP contribution in [-0.2, 0) is 6.42 Å². The van der Waals surface area contributed by atoms with Crippen LogP contribution in [0.15, 0.2) is 0 Å². The van der Waals surface area contributed by atoms with Crippen LogP contribution in [0.3, 0.4) is 0 Å². The molecule has 5 heteroatoms. The quantitative estimate of drug-likeness (QED) is 0.461. The van der Waals surface area contributed by atoms with Gasteiger partial charge in [0.25, 0.3) is 0 Å². The SMILES string of the molecule is CCC(=O)c1c(Cl)c(CC)c(Cl)c(Cl)c1C=O. The second-order valence-corrected chi connectivity index (χ2v) is 4.59. The highest BCUT2D eigenvalue weighted by atomic mass is 35.5. The number of ketones is 1. The molecule has 0 aliphatic carbocycles. The number of rotatable bonds is 4. The number of Topliss-reactive ketones (excluding diaryl/α,β-unsaturated/α-hetero) is 1. The van der Waals surface area contributed by atoms with E-state index < -0.39 is 0 Å². The fourth-order valence-electron chi connectivity index (χ4n) is 1.60. The predicted molar refractivity (Wildman–Crippen MR) is 70.9 cm³/mol. The highest BCUT2D eigenvalue weighted by Crippen LogP contribution is 2.38. The molecule has 0 spiro atoms. The minimum Gasteiger partial charge on any atom is -0.298 e. The summed E-state index contributed by atoms with van der Waals surface area (Å²) in [6.07, 6.45) is 1.31. The molecule has 1 aromatic rings. The van der Waals surface area contributed by atoms with Crippen LogP contribution in [0.1, 0.15) is 46.5 Å². The molecule has 0 N–H and O–H groups in total. The molecule has 0 atom stereocenters. The molecule has 0 fully saturated rings. The number of hydrogen-bond acceptors (Lipinski definition) is 2. The summed E-state index contributed by atoms with van der Waals surface area (Å²) in [6.45, 7) is 3.55. The van der Waals surface area contributed by atoms with Crippen molar-refractivity contribution in [1.82, 2.24) is 0 Å². The zero-order valence-corrected chi connectivity index (χ0v) is 11.7. The van der Waals surface area contributed by atoms with Crippen molar-refractivity contribution < 1.29 is 9.59 Å². The van der Waals surface area contributed by atoms with Crippen molar-refractivity contribution in [2.75, 3.05) is 0 Å². The maximum atomic E-state index is 11.8. The summed E-state index contributed by atoms with van der Waals surface area (Å²) in [6, 6.07) is 0. The van der Waals surface area contributed by atoms with Crippen LogP contribution in [0.4, 0.5) is 0 Å². The van der Waals surface area contributed by atoms with E-state index in [4.69, 9.17) is 34.8 Å². The highest BCUT2D eigenvalue weighted by Gasteiger charge is 2.23. The number of aldehydes is 1. The minimum atomic E-state index is -0.217. The molecular formula is C12H11Cl3O2. The van der Waals surface area contributed by atoms with Crippen LogP contribution in [0.5, 0.6) is 0 Å². The van der Waals surface area contributed by atoms with Crippen LogP contribution in [0.25, 0.3) is 0 Å². The molecule has 2 nitrogen and oxygen atoms in total. The third-order valence-corrected chi connectivity index (χ3v) is 3.84. The molecule has 0 bridgehead atoms. The third-order valence-electron chi connectivity index (χ3n) is 2.52. The van der Waals surface area contributed by atoms with Gasteiger partial charge in [-0.2, -0.15) is 0 Å². The Bertz CT molecular complexity index is 481. The fraction of sp³-hybridized carbons (Fsp3) is 0.333. The molecule has 92 valence electrons. The van der Waals surface area contributed by atoms with Gasteiger partial charge in [0, 0.05) is 17.5 Å². The van der Waals surface area contributed by atoms with E-state index in [-0.39, 0.29) is 38.4 Å². The number of hydrogen-bond donors (Lipinski definition) is 0. The molecule has 0 aromatic heterocycles.